The van der Waals surface area contributed by atoms with Crippen LogP contribution >= 0.6 is 0 Å². The van der Waals surface area contributed by atoms with Gasteiger partial charge < -0.3 is 10.6 Å². The highest BCUT2D eigenvalue weighted by Crippen LogP contribution is 2.27. The third kappa shape index (κ3) is 5.11. The molecule has 1 fully saturated rings. The Labute approximate surface area is 181 Å². The predicted molar refractivity (Wildman–Crippen MR) is 117 cm³/mol. The van der Waals surface area contributed by atoms with Crippen LogP contribution in [0.4, 0.5) is 10.1 Å². The van der Waals surface area contributed by atoms with Crippen LogP contribution in [0.25, 0.3) is 0 Å². The van der Waals surface area contributed by atoms with Gasteiger partial charge in [0.2, 0.25) is 5.91 Å². The quantitative estimate of drug-likeness (QED) is 0.714. The molecule has 2 aliphatic heterocycles. The molecule has 0 radical (unpaired) electrons. The highest BCUT2D eigenvalue weighted by atomic mass is 32.2. The summed E-state index contributed by atoms with van der Waals surface area (Å²) in [5.41, 5.74) is 1.13. The molecule has 0 atom stereocenters. The van der Waals surface area contributed by atoms with E-state index in [4.69, 9.17) is 0 Å². The summed E-state index contributed by atoms with van der Waals surface area (Å²) in [7, 11) is -3.69. The number of hydrogen-bond acceptors (Lipinski definition) is 5. The fraction of sp³-hybridized carbons (Fsp3) is 0.364. The molecule has 164 valence electrons. The number of para-hydroxylation sites is 1. The molecule has 2 aromatic rings. The van der Waals surface area contributed by atoms with Crippen LogP contribution in [0.5, 0.6) is 0 Å². The van der Waals surface area contributed by atoms with Crippen molar-refractivity contribution in [1.29, 1.82) is 0 Å². The Morgan fingerprint density at radius 1 is 1.13 bits per heavy atom. The van der Waals surface area contributed by atoms with Gasteiger partial charge in [-0.1, -0.05) is 30.3 Å². The van der Waals surface area contributed by atoms with Crippen molar-refractivity contribution in [3.05, 3.63) is 59.9 Å². The van der Waals surface area contributed by atoms with Crippen molar-refractivity contribution in [3.63, 3.8) is 0 Å². The van der Waals surface area contributed by atoms with E-state index < -0.39 is 10.0 Å². The van der Waals surface area contributed by atoms with Crippen LogP contribution in [0.2, 0.25) is 0 Å². The maximum absolute atomic E-state index is 13.7. The number of hydrogen-bond donors (Lipinski definition) is 2. The summed E-state index contributed by atoms with van der Waals surface area (Å²) in [6, 6.07) is 13.3. The molecule has 2 aliphatic rings. The Balaban J connectivity index is 1.25. The fourth-order valence-corrected chi connectivity index (χ4v) is 5.11. The summed E-state index contributed by atoms with van der Waals surface area (Å²) in [5.74, 6) is 0.0311. The third-order valence-corrected chi connectivity index (χ3v) is 7.03. The van der Waals surface area contributed by atoms with Crippen LogP contribution in [0.1, 0.15) is 18.4 Å². The molecular formula is C22H25FN4O3S. The number of carbonyl (C=O) groups excluding carboxylic acids is 1. The van der Waals surface area contributed by atoms with Crippen LogP contribution in [0.15, 0.2) is 57.8 Å². The van der Waals surface area contributed by atoms with Gasteiger partial charge in [0.1, 0.15) is 16.5 Å². The molecule has 0 bridgehead atoms. The molecule has 2 heterocycles. The molecule has 0 saturated carbocycles. The van der Waals surface area contributed by atoms with Crippen LogP contribution in [0.3, 0.4) is 0 Å². The molecule has 31 heavy (non-hydrogen) atoms. The first-order chi connectivity index (χ1) is 14.9. The Kier molecular flexibility index (Phi) is 6.33. The Hall–Kier alpha value is -2.78. The maximum Gasteiger partial charge on any atom is 0.286 e. The second kappa shape index (κ2) is 9.15. The molecule has 4 rings (SSSR count). The minimum Gasteiger partial charge on any atom is -0.356 e. The van der Waals surface area contributed by atoms with E-state index in [0.717, 1.165) is 0 Å². The van der Waals surface area contributed by atoms with E-state index in [-0.39, 0.29) is 22.5 Å². The van der Waals surface area contributed by atoms with Crippen LogP contribution < -0.4 is 10.6 Å². The average Bonchev–Trinajstić information content (AvgIpc) is 2.75. The van der Waals surface area contributed by atoms with Gasteiger partial charge in [-0.3, -0.25) is 9.69 Å². The molecule has 1 saturated heterocycles. The number of anilines is 1. The molecule has 2 aromatic carbocycles. The first-order valence-corrected chi connectivity index (χ1v) is 11.8. The average molecular weight is 445 g/mol. The van der Waals surface area contributed by atoms with Crippen molar-refractivity contribution >= 4 is 27.5 Å². The molecule has 0 spiro atoms. The van der Waals surface area contributed by atoms with E-state index in [1.807, 2.05) is 0 Å². The van der Waals surface area contributed by atoms with Gasteiger partial charge in [0.15, 0.2) is 0 Å². The number of nitrogens with one attached hydrogen (secondary N) is 2. The van der Waals surface area contributed by atoms with Crippen molar-refractivity contribution in [3.8, 4) is 0 Å². The van der Waals surface area contributed by atoms with E-state index in [0.29, 0.717) is 62.5 Å². The van der Waals surface area contributed by atoms with E-state index >= 15 is 0 Å². The lowest BCUT2D eigenvalue weighted by atomic mass is 9.96. The molecule has 0 aromatic heterocycles. The van der Waals surface area contributed by atoms with E-state index in [1.165, 1.54) is 12.1 Å². The molecule has 2 N–H and O–H groups in total. The minimum atomic E-state index is -3.69. The second-order valence-corrected chi connectivity index (χ2v) is 9.39. The lowest BCUT2D eigenvalue weighted by Gasteiger charge is -2.32. The Bertz CT molecular complexity index is 1100. The van der Waals surface area contributed by atoms with Gasteiger partial charge >= 0.3 is 0 Å². The van der Waals surface area contributed by atoms with Gasteiger partial charge in [0, 0.05) is 12.5 Å². The minimum absolute atomic E-state index is 0.0133. The third-order valence-electron chi connectivity index (χ3n) is 5.66. The number of amides is 1. The number of carbonyl (C=O) groups is 1. The number of halogens is 1. The smallest absolute Gasteiger partial charge is 0.286 e. The van der Waals surface area contributed by atoms with E-state index in [9.17, 15) is 17.6 Å². The van der Waals surface area contributed by atoms with Gasteiger partial charge in [-0.05, 0) is 56.1 Å². The van der Waals surface area contributed by atoms with E-state index in [1.54, 1.807) is 36.4 Å². The summed E-state index contributed by atoms with van der Waals surface area (Å²) in [5, 5.41) is 6.01. The summed E-state index contributed by atoms with van der Waals surface area (Å²) >= 11 is 0. The molecule has 9 heteroatoms. The number of benzene rings is 2. The van der Waals surface area contributed by atoms with Crippen molar-refractivity contribution in [1.82, 2.24) is 10.2 Å². The topological polar surface area (TPSA) is 90.9 Å². The maximum atomic E-state index is 13.7. The molecule has 1 amide bonds. The zero-order valence-corrected chi connectivity index (χ0v) is 17.9. The van der Waals surface area contributed by atoms with Crippen LogP contribution in [0, 0.1) is 11.7 Å². The summed E-state index contributed by atoms with van der Waals surface area (Å²) in [6.45, 7) is 2.13. The van der Waals surface area contributed by atoms with Gasteiger partial charge in [-0.15, -0.1) is 4.40 Å². The van der Waals surface area contributed by atoms with Crippen molar-refractivity contribution < 1.29 is 17.6 Å². The zero-order valence-electron chi connectivity index (χ0n) is 17.1. The zero-order chi connectivity index (χ0) is 21.8. The SMILES string of the molecule is O=C(NCCc1ccccc1F)C1CCN(CC2=NS(=O)(=O)c3ccccc3N2)CC1. The lowest BCUT2D eigenvalue weighted by Crippen LogP contribution is -2.44. The van der Waals surface area contributed by atoms with Gasteiger partial charge in [0.25, 0.3) is 10.0 Å². The first-order valence-electron chi connectivity index (χ1n) is 10.4. The number of nitrogens with zero attached hydrogens (tertiary/aromatic N) is 2. The second-order valence-electron chi connectivity index (χ2n) is 7.82. The number of fused-ring (bicyclic) bond motifs is 1. The van der Waals surface area contributed by atoms with Gasteiger partial charge in [-0.2, -0.15) is 8.42 Å². The molecular weight excluding hydrogens is 419 g/mol. The molecule has 0 aliphatic carbocycles. The Morgan fingerprint density at radius 3 is 2.61 bits per heavy atom. The first kappa shape index (κ1) is 21.5. The van der Waals surface area contributed by atoms with Crippen molar-refractivity contribution in [2.45, 2.75) is 24.2 Å². The lowest BCUT2D eigenvalue weighted by molar-refractivity contribution is -0.126. The van der Waals surface area contributed by atoms with Gasteiger partial charge in [-0.25, -0.2) is 4.39 Å². The normalized spacial score (nSPS) is 18.5. The highest BCUT2D eigenvalue weighted by molar-refractivity contribution is 7.90. The summed E-state index contributed by atoms with van der Waals surface area (Å²) in [6.07, 6.45) is 1.82. The highest BCUT2D eigenvalue weighted by Gasteiger charge is 2.28. The van der Waals surface area contributed by atoms with Crippen molar-refractivity contribution in [2.24, 2.45) is 10.3 Å². The monoisotopic (exact) mass is 444 g/mol. The summed E-state index contributed by atoms with van der Waals surface area (Å²) in [4.78, 5) is 14.7. The van der Waals surface area contributed by atoms with Crippen LogP contribution in [-0.2, 0) is 21.2 Å². The number of rotatable bonds is 6. The molecule has 7 nitrogen and oxygen atoms in total. The number of likely N-dealkylation sites (tertiary alicyclic amines) is 1. The predicted octanol–water partition coefficient (Wildman–Crippen LogP) is 2.41. The van der Waals surface area contributed by atoms with E-state index in [2.05, 4.69) is 19.9 Å². The number of sulfonamides is 1. The largest absolute Gasteiger partial charge is 0.356 e. The Morgan fingerprint density at radius 2 is 1.84 bits per heavy atom. The molecule has 0 unspecified atom stereocenters. The number of amidine groups is 1. The summed E-state index contributed by atoms with van der Waals surface area (Å²) < 4.78 is 42.3. The van der Waals surface area contributed by atoms with Crippen LogP contribution in [-0.4, -0.2) is 51.2 Å². The van der Waals surface area contributed by atoms with Gasteiger partial charge in [0.05, 0.1) is 12.2 Å². The standard InChI is InChI=1S/C22H25FN4O3S/c23-18-6-2-1-5-16(18)9-12-24-22(28)17-10-13-27(14-11-17)15-21-25-19-7-3-4-8-20(19)31(29,30)26-21/h1-8,17H,9-15H2,(H,24,28)(H,25,26). The van der Waals surface area contributed by atoms with Crippen molar-refractivity contribution in [2.75, 3.05) is 31.5 Å². The fourth-order valence-electron chi connectivity index (χ4n) is 3.97. The number of piperidine rings is 1.